The summed E-state index contributed by atoms with van der Waals surface area (Å²) in [5, 5.41) is 8.75. The van der Waals surface area contributed by atoms with Gasteiger partial charge in [0, 0.05) is 0 Å². The molecule has 0 aliphatic heterocycles. The van der Waals surface area contributed by atoms with Gasteiger partial charge in [-0.3, -0.25) is 4.79 Å². The van der Waals surface area contributed by atoms with Crippen LogP contribution in [-0.4, -0.2) is 42.6 Å². The van der Waals surface area contributed by atoms with E-state index in [4.69, 9.17) is 11.5 Å². The molecule has 0 radical (unpaired) electrons. The van der Waals surface area contributed by atoms with Crippen LogP contribution in [0.2, 0.25) is 0 Å². The minimum absolute atomic E-state index is 0.175. The second-order valence-corrected chi connectivity index (χ2v) is 6.47. The Bertz CT molecular complexity index is 589. The molecule has 1 unspecified atom stereocenters. The van der Waals surface area contributed by atoms with Crippen molar-refractivity contribution in [3.63, 3.8) is 0 Å². The number of aliphatic carboxylic acids is 1. The van der Waals surface area contributed by atoms with E-state index in [0.29, 0.717) is 0 Å². The van der Waals surface area contributed by atoms with Crippen LogP contribution in [0.4, 0.5) is 0 Å². The molecular weight excluding hydrogens is 278 g/mol. The fourth-order valence-electron chi connectivity index (χ4n) is 1.80. The number of terminal acetylenes is 1. The van der Waals surface area contributed by atoms with Gasteiger partial charge in [0.15, 0.2) is 0 Å². The van der Waals surface area contributed by atoms with Gasteiger partial charge in [0.25, 0.3) is 0 Å². The number of carboxylic acid groups (broad SMARTS) is 1. The first kappa shape index (κ1) is 16.2. The molecule has 1 N–H and O–H groups in total. The van der Waals surface area contributed by atoms with Crippen molar-refractivity contribution in [1.29, 1.82) is 0 Å². The summed E-state index contributed by atoms with van der Waals surface area (Å²) in [7, 11) is -3.72. The van der Waals surface area contributed by atoms with Crippen LogP contribution in [-0.2, 0) is 14.8 Å². The van der Waals surface area contributed by atoms with E-state index in [1.807, 2.05) is 30.3 Å². The standard InChI is InChI=1S/C14H17NO4S/c1-3-9-15(10-14(16)17)20(18,19)11-12(2)13-7-5-4-6-8-13/h1,4-8,12H,9-11H2,2H3,(H,16,17). The number of rotatable bonds is 7. The van der Waals surface area contributed by atoms with Crippen LogP contribution in [0.15, 0.2) is 30.3 Å². The third kappa shape index (κ3) is 4.68. The summed E-state index contributed by atoms with van der Waals surface area (Å²) in [5.74, 6) is 0.535. The van der Waals surface area contributed by atoms with Crippen LogP contribution < -0.4 is 0 Å². The molecule has 0 amide bonds. The maximum Gasteiger partial charge on any atom is 0.318 e. The van der Waals surface area contributed by atoms with Gasteiger partial charge in [-0.2, -0.15) is 4.31 Å². The van der Waals surface area contributed by atoms with Crippen molar-refractivity contribution in [2.75, 3.05) is 18.8 Å². The number of hydrogen-bond acceptors (Lipinski definition) is 3. The molecular formula is C14H17NO4S. The molecule has 0 saturated heterocycles. The normalized spacial score (nSPS) is 12.8. The Labute approximate surface area is 119 Å². The predicted molar refractivity (Wildman–Crippen MR) is 76.7 cm³/mol. The second-order valence-electron chi connectivity index (χ2n) is 4.46. The molecule has 1 rings (SSSR count). The van der Waals surface area contributed by atoms with Gasteiger partial charge in [0.1, 0.15) is 6.54 Å². The molecule has 0 aliphatic carbocycles. The Morgan fingerprint density at radius 3 is 2.50 bits per heavy atom. The zero-order valence-corrected chi connectivity index (χ0v) is 12.0. The number of hydrogen-bond donors (Lipinski definition) is 1. The number of carbonyl (C=O) groups is 1. The number of sulfonamides is 1. The first-order chi connectivity index (χ1) is 9.36. The van der Waals surface area contributed by atoms with E-state index in [2.05, 4.69) is 5.92 Å². The van der Waals surface area contributed by atoms with Crippen molar-refractivity contribution in [2.24, 2.45) is 0 Å². The number of benzene rings is 1. The van der Waals surface area contributed by atoms with Crippen molar-refractivity contribution >= 4 is 16.0 Å². The summed E-state index contributed by atoms with van der Waals surface area (Å²) in [6.45, 7) is 0.923. The summed E-state index contributed by atoms with van der Waals surface area (Å²) in [4.78, 5) is 10.7. The highest BCUT2D eigenvalue weighted by molar-refractivity contribution is 7.89. The van der Waals surface area contributed by atoms with Crippen molar-refractivity contribution in [3.8, 4) is 12.3 Å². The van der Waals surface area contributed by atoms with E-state index in [0.717, 1.165) is 9.87 Å². The van der Waals surface area contributed by atoms with Gasteiger partial charge in [-0.15, -0.1) is 6.42 Å². The molecule has 5 nitrogen and oxygen atoms in total. The summed E-state index contributed by atoms with van der Waals surface area (Å²) in [6.07, 6.45) is 5.09. The highest BCUT2D eigenvalue weighted by atomic mass is 32.2. The van der Waals surface area contributed by atoms with E-state index in [1.165, 1.54) is 0 Å². The Morgan fingerprint density at radius 1 is 1.40 bits per heavy atom. The zero-order chi connectivity index (χ0) is 15.2. The third-order valence-electron chi connectivity index (χ3n) is 2.80. The molecule has 0 fully saturated rings. The molecule has 1 aromatic rings. The van der Waals surface area contributed by atoms with E-state index < -0.39 is 22.5 Å². The lowest BCUT2D eigenvalue weighted by Gasteiger charge is -2.20. The SMILES string of the molecule is C#CCN(CC(=O)O)S(=O)(=O)CC(C)c1ccccc1. The Kier molecular flexibility index (Phi) is 5.74. The second kappa shape index (κ2) is 7.08. The highest BCUT2D eigenvalue weighted by Crippen LogP contribution is 2.18. The van der Waals surface area contributed by atoms with Crippen LogP contribution in [0.1, 0.15) is 18.4 Å². The lowest BCUT2D eigenvalue weighted by Crippen LogP contribution is -2.38. The largest absolute Gasteiger partial charge is 0.480 e. The minimum atomic E-state index is -3.72. The topological polar surface area (TPSA) is 74.7 Å². The van der Waals surface area contributed by atoms with Crippen molar-refractivity contribution in [1.82, 2.24) is 4.31 Å². The number of carboxylic acids is 1. The first-order valence-corrected chi connectivity index (χ1v) is 7.65. The molecule has 0 aliphatic rings. The highest BCUT2D eigenvalue weighted by Gasteiger charge is 2.26. The minimum Gasteiger partial charge on any atom is -0.480 e. The van der Waals surface area contributed by atoms with E-state index in [1.54, 1.807) is 6.92 Å². The average Bonchev–Trinajstić information content (AvgIpc) is 2.38. The van der Waals surface area contributed by atoms with Gasteiger partial charge in [-0.1, -0.05) is 43.2 Å². The smallest absolute Gasteiger partial charge is 0.318 e. The quantitative estimate of drug-likeness (QED) is 0.765. The van der Waals surface area contributed by atoms with Crippen molar-refractivity contribution in [2.45, 2.75) is 12.8 Å². The summed E-state index contributed by atoms with van der Waals surface area (Å²) in [5.41, 5.74) is 0.882. The van der Waals surface area contributed by atoms with Gasteiger partial charge in [-0.25, -0.2) is 8.42 Å². The van der Waals surface area contributed by atoms with E-state index >= 15 is 0 Å². The lowest BCUT2D eigenvalue weighted by molar-refractivity contribution is -0.137. The zero-order valence-electron chi connectivity index (χ0n) is 11.2. The van der Waals surface area contributed by atoms with Crippen LogP contribution in [0.25, 0.3) is 0 Å². The van der Waals surface area contributed by atoms with E-state index in [9.17, 15) is 13.2 Å². The average molecular weight is 295 g/mol. The predicted octanol–water partition coefficient (Wildman–Crippen LogP) is 1.14. The molecule has 0 spiro atoms. The van der Waals surface area contributed by atoms with Crippen LogP contribution in [0.3, 0.4) is 0 Å². The third-order valence-corrected chi connectivity index (χ3v) is 4.77. The molecule has 0 aromatic heterocycles. The van der Waals surface area contributed by atoms with Gasteiger partial charge in [0.05, 0.1) is 12.3 Å². The first-order valence-electron chi connectivity index (χ1n) is 6.05. The molecule has 1 atom stereocenters. The Balaban J connectivity index is 2.87. The maximum absolute atomic E-state index is 12.2. The molecule has 0 heterocycles. The molecule has 0 bridgehead atoms. The molecule has 20 heavy (non-hydrogen) atoms. The maximum atomic E-state index is 12.2. The lowest BCUT2D eigenvalue weighted by atomic mass is 10.0. The molecule has 108 valence electrons. The van der Waals surface area contributed by atoms with Crippen molar-refractivity contribution in [3.05, 3.63) is 35.9 Å². The van der Waals surface area contributed by atoms with Crippen LogP contribution in [0, 0.1) is 12.3 Å². The summed E-state index contributed by atoms with van der Waals surface area (Å²) in [6, 6.07) is 9.18. The van der Waals surface area contributed by atoms with Gasteiger partial charge in [0.2, 0.25) is 10.0 Å². The molecule has 1 aromatic carbocycles. The van der Waals surface area contributed by atoms with E-state index in [-0.39, 0.29) is 18.2 Å². The van der Waals surface area contributed by atoms with Gasteiger partial charge >= 0.3 is 5.97 Å². The van der Waals surface area contributed by atoms with Crippen LogP contribution in [0.5, 0.6) is 0 Å². The van der Waals surface area contributed by atoms with Gasteiger partial charge in [-0.05, 0) is 11.5 Å². The fourth-order valence-corrected chi connectivity index (χ4v) is 3.42. The summed E-state index contributed by atoms with van der Waals surface area (Å²) < 4.78 is 25.2. The van der Waals surface area contributed by atoms with Gasteiger partial charge < -0.3 is 5.11 Å². The Hall–Kier alpha value is -1.84. The van der Waals surface area contributed by atoms with Crippen LogP contribution >= 0.6 is 0 Å². The summed E-state index contributed by atoms with van der Waals surface area (Å²) >= 11 is 0. The Morgan fingerprint density at radius 2 is 2.00 bits per heavy atom. The monoisotopic (exact) mass is 295 g/mol. The molecule has 0 saturated carbocycles. The fraction of sp³-hybridized carbons (Fsp3) is 0.357. The van der Waals surface area contributed by atoms with Crippen molar-refractivity contribution < 1.29 is 18.3 Å². The number of nitrogens with zero attached hydrogens (tertiary/aromatic N) is 1. The molecule has 6 heteroatoms.